The number of aromatic amines is 1. The Balaban J connectivity index is 1.51. The molecule has 0 radical (unpaired) electrons. The molecule has 3 aromatic rings. The summed E-state index contributed by atoms with van der Waals surface area (Å²) in [5.74, 6) is -0.338. The molecule has 0 aliphatic carbocycles. The second kappa shape index (κ2) is 9.48. The van der Waals surface area contributed by atoms with Crippen molar-refractivity contribution >= 4 is 33.2 Å². The number of ether oxygens (including phenoxy) is 1. The van der Waals surface area contributed by atoms with E-state index in [2.05, 4.69) is 20.6 Å². The van der Waals surface area contributed by atoms with Crippen molar-refractivity contribution in [2.75, 3.05) is 11.6 Å². The number of nitrogens with zero attached hydrogens (tertiary/aromatic N) is 3. The lowest BCUT2D eigenvalue weighted by Crippen LogP contribution is -2.41. The second-order valence-corrected chi connectivity index (χ2v) is 9.75. The number of cyclic esters (lactones) is 1. The number of hydrogen-bond donors (Lipinski definition) is 2. The predicted octanol–water partition coefficient (Wildman–Crippen LogP) is 3.20. The van der Waals surface area contributed by atoms with E-state index in [1.165, 1.54) is 17.1 Å². The maximum Gasteiger partial charge on any atom is 0.431 e. The number of hydrogen-bond acceptors (Lipinski definition) is 7. The van der Waals surface area contributed by atoms with Gasteiger partial charge in [-0.1, -0.05) is 31.2 Å². The zero-order valence-electron chi connectivity index (χ0n) is 18.6. The molecule has 0 saturated heterocycles. The van der Waals surface area contributed by atoms with E-state index in [0.29, 0.717) is 23.4 Å². The molecule has 1 unspecified atom stereocenters. The highest BCUT2D eigenvalue weighted by Gasteiger charge is 2.30. The van der Waals surface area contributed by atoms with Crippen LogP contribution in [0.3, 0.4) is 0 Å². The normalized spacial score (nSPS) is 16.1. The molecule has 34 heavy (non-hydrogen) atoms. The van der Waals surface area contributed by atoms with Crippen LogP contribution in [0.15, 0.2) is 70.8 Å². The molecule has 0 bridgehead atoms. The van der Waals surface area contributed by atoms with Gasteiger partial charge in [-0.2, -0.15) is 15.2 Å². The van der Waals surface area contributed by atoms with E-state index in [1.807, 2.05) is 6.92 Å². The average molecular weight is 482 g/mol. The monoisotopic (exact) mass is 481 g/mol. The number of amides is 2. The van der Waals surface area contributed by atoms with Crippen LogP contribution in [0, 0.1) is 0 Å². The first-order valence-corrected chi connectivity index (χ1v) is 12.4. The molecule has 0 saturated carbocycles. The molecule has 1 aromatic heterocycles. The number of carbonyl (C=O) groups is 2. The van der Waals surface area contributed by atoms with Crippen molar-refractivity contribution in [2.45, 2.75) is 30.9 Å². The van der Waals surface area contributed by atoms with E-state index in [4.69, 9.17) is 4.74 Å². The van der Waals surface area contributed by atoms with Crippen molar-refractivity contribution in [3.8, 4) is 0 Å². The summed E-state index contributed by atoms with van der Waals surface area (Å²) in [6, 6.07) is 14.9. The van der Waals surface area contributed by atoms with Crippen LogP contribution in [-0.4, -0.2) is 53.7 Å². The third-order valence-electron chi connectivity index (χ3n) is 5.21. The van der Waals surface area contributed by atoms with Gasteiger partial charge in [0.25, 0.3) is 5.91 Å². The molecular formula is C23H23N5O5S. The fraction of sp³-hybridized carbons (Fsp3) is 0.217. The van der Waals surface area contributed by atoms with Crippen molar-refractivity contribution < 1.29 is 22.7 Å². The number of nitrogens with one attached hydrogen (secondary N) is 2. The number of rotatable bonds is 7. The summed E-state index contributed by atoms with van der Waals surface area (Å²) in [5, 5.41) is 14.9. The van der Waals surface area contributed by atoms with Gasteiger partial charge in [-0.05, 0) is 42.3 Å². The van der Waals surface area contributed by atoms with Gasteiger partial charge in [0.15, 0.2) is 9.84 Å². The summed E-state index contributed by atoms with van der Waals surface area (Å²) in [7, 11) is -3.32. The van der Waals surface area contributed by atoms with Crippen molar-refractivity contribution in [3.63, 3.8) is 0 Å². The van der Waals surface area contributed by atoms with Gasteiger partial charge in [-0.15, -0.1) is 0 Å². The zero-order valence-corrected chi connectivity index (χ0v) is 19.4. The Labute approximate surface area is 196 Å². The molecule has 2 amide bonds. The summed E-state index contributed by atoms with van der Waals surface area (Å²) in [6.45, 7) is 2.04. The SMILES string of the molecule is CCC1OC(=O)N(Cc2ccc(NC(=O)c3cc[nH]n3)cc2)N=C1c1ccc(S(C)(=O)=O)cc1. The molecule has 11 heteroatoms. The summed E-state index contributed by atoms with van der Waals surface area (Å²) >= 11 is 0. The number of sulfone groups is 1. The van der Waals surface area contributed by atoms with Crippen molar-refractivity contribution in [3.05, 3.63) is 77.6 Å². The number of H-pyrrole nitrogens is 1. The minimum atomic E-state index is -3.32. The van der Waals surface area contributed by atoms with Crippen LogP contribution in [0.5, 0.6) is 0 Å². The maximum absolute atomic E-state index is 12.5. The molecule has 1 atom stereocenters. The molecule has 2 heterocycles. The quantitative estimate of drug-likeness (QED) is 0.532. The topological polar surface area (TPSA) is 134 Å². The van der Waals surface area contributed by atoms with Crippen LogP contribution in [0.25, 0.3) is 0 Å². The third-order valence-corrected chi connectivity index (χ3v) is 6.34. The fourth-order valence-electron chi connectivity index (χ4n) is 3.42. The lowest BCUT2D eigenvalue weighted by atomic mass is 10.0. The van der Waals surface area contributed by atoms with E-state index >= 15 is 0 Å². The van der Waals surface area contributed by atoms with Gasteiger partial charge in [0.05, 0.1) is 11.4 Å². The molecule has 176 valence electrons. The minimum Gasteiger partial charge on any atom is -0.438 e. The summed E-state index contributed by atoms with van der Waals surface area (Å²) in [6.07, 6.45) is 2.13. The number of carbonyl (C=O) groups excluding carboxylic acids is 2. The Hall–Kier alpha value is -3.99. The number of hydrazone groups is 1. The third kappa shape index (κ3) is 5.15. The van der Waals surface area contributed by atoms with E-state index < -0.39 is 22.0 Å². The van der Waals surface area contributed by atoms with E-state index in [9.17, 15) is 18.0 Å². The standard InChI is InChI=1S/C23H23N5O5S/c1-3-20-21(16-6-10-18(11-7-16)34(2,31)32)27-28(23(30)33-20)14-15-4-8-17(9-5-15)25-22(29)19-12-13-24-26-19/h4-13,20H,3,14H2,1-2H3,(H,24,26)(H,25,29). The highest BCUT2D eigenvalue weighted by atomic mass is 32.2. The van der Waals surface area contributed by atoms with Crippen molar-refractivity contribution in [2.24, 2.45) is 5.10 Å². The van der Waals surface area contributed by atoms with Crippen LogP contribution >= 0.6 is 0 Å². The summed E-state index contributed by atoms with van der Waals surface area (Å²) in [5.41, 5.74) is 2.86. The Kier molecular flexibility index (Phi) is 6.46. The average Bonchev–Trinajstić information content (AvgIpc) is 3.36. The predicted molar refractivity (Wildman–Crippen MR) is 125 cm³/mol. The highest BCUT2D eigenvalue weighted by molar-refractivity contribution is 7.90. The highest BCUT2D eigenvalue weighted by Crippen LogP contribution is 2.22. The Bertz CT molecular complexity index is 1320. The molecule has 2 aromatic carbocycles. The molecule has 1 aliphatic heterocycles. The van der Waals surface area contributed by atoms with Gasteiger partial charge in [-0.3, -0.25) is 9.89 Å². The van der Waals surface area contributed by atoms with Crippen LogP contribution in [0.2, 0.25) is 0 Å². The van der Waals surface area contributed by atoms with Gasteiger partial charge in [-0.25, -0.2) is 13.2 Å². The van der Waals surface area contributed by atoms with Crippen LogP contribution in [0.4, 0.5) is 10.5 Å². The molecular weight excluding hydrogens is 458 g/mol. The van der Waals surface area contributed by atoms with Gasteiger partial charge in [0, 0.05) is 23.7 Å². The van der Waals surface area contributed by atoms with Crippen LogP contribution < -0.4 is 5.32 Å². The zero-order chi connectivity index (χ0) is 24.3. The molecule has 1 aliphatic rings. The van der Waals surface area contributed by atoms with E-state index in [-0.39, 0.29) is 23.0 Å². The van der Waals surface area contributed by atoms with Gasteiger partial charge >= 0.3 is 6.09 Å². The first kappa shape index (κ1) is 23.2. The smallest absolute Gasteiger partial charge is 0.431 e. The lowest BCUT2D eigenvalue weighted by molar-refractivity contribution is 0.0712. The second-order valence-electron chi connectivity index (χ2n) is 7.73. The molecule has 0 fully saturated rings. The first-order valence-electron chi connectivity index (χ1n) is 10.5. The van der Waals surface area contributed by atoms with Crippen LogP contribution in [0.1, 0.15) is 35.0 Å². The van der Waals surface area contributed by atoms with Gasteiger partial charge in [0.2, 0.25) is 0 Å². The number of aromatic nitrogens is 2. The lowest BCUT2D eigenvalue weighted by Gasteiger charge is -2.29. The van der Waals surface area contributed by atoms with Crippen LogP contribution in [-0.2, 0) is 21.1 Å². The van der Waals surface area contributed by atoms with Gasteiger partial charge < -0.3 is 10.1 Å². The number of benzene rings is 2. The molecule has 2 N–H and O–H groups in total. The fourth-order valence-corrected chi connectivity index (χ4v) is 4.05. The molecule has 4 rings (SSSR count). The van der Waals surface area contributed by atoms with Crippen molar-refractivity contribution in [1.29, 1.82) is 0 Å². The molecule has 0 spiro atoms. The largest absolute Gasteiger partial charge is 0.438 e. The first-order chi connectivity index (χ1) is 16.2. The van der Waals surface area contributed by atoms with Crippen molar-refractivity contribution in [1.82, 2.24) is 15.2 Å². The minimum absolute atomic E-state index is 0.160. The Morgan fingerprint density at radius 1 is 1.12 bits per heavy atom. The summed E-state index contributed by atoms with van der Waals surface area (Å²) in [4.78, 5) is 24.8. The Morgan fingerprint density at radius 2 is 1.82 bits per heavy atom. The van der Waals surface area contributed by atoms with Gasteiger partial charge in [0.1, 0.15) is 17.5 Å². The van der Waals surface area contributed by atoms with E-state index in [1.54, 1.807) is 48.7 Å². The molecule has 10 nitrogen and oxygen atoms in total. The Morgan fingerprint density at radius 3 is 2.41 bits per heavy atom. The van der Waals surface area contributed by atoms with E-state index in [0.717, 1.165) is 11.8 Å². The summed E-state index contributed by atoms with van der Waals surface area (Å²) < 4.78 is 29.1. The number of anilines is 1. The maximum atomic E-state index is 12.5.